The molecule has 0 aromatic rings. The molecule has 2 atom stereocenters. The van der Waals surface area contributed by atoms with Crippen molar-refractivity contribution in [3.63, 3.8) is 0 Å². The van der Waals surface area contributed by atoms with Crippen molar-refractivity contribution < 1.29 is 9.84 Å². The van der Waals surface area contributed by atoms with Crippen molar-refractivity contribution in [1.82, 2.24) is 0 Å². The van der Waals surface area contributed by atoms with Gasteiger partial charge in [-0.15, -0.1) is 0 Å². The number of ether oxygens (including phenoxy) is 1. The third-order valence-corrected chi connectivity index (χ3v) is 2.81. The topological polar surface area (TPSA) is 29.5 Å². The van der Waals surface area contributed by atoms with Gasteiger partial charge in [0.05, 0.1) is 12.2 Å². The first-order valence-corrected chi connectivity index (χ1v) is 5.50. The highest BCUT2D eigenvalue weighted by Gasteiger charge is 2.22. The van der Waals surface area contributed by atoms with Crippen LogP contribution in [-0.2, 0) is 4.74 Å². The van der Waals surface area contributed by atoms with Crippen LogP contribution >= 0.6 is 0 Å². The maximum absolute atomic E-state index is 9.68. The number of hydrogen-bond acceptors (Lipinski definition) is 2. The molecule has 0 radical (unpaired) electrons. The Labute approximate surface area is 81.3 Å². The van der Waals surface area contributed by atoms with Crippen molar-refractivity contribution >= 4 is 0 Å². The largest absolute Gasteiger partial charge is 0.393 e. The molecule has 1 aliphatic carbocycles. The second kappa shape index (κ2) is 5.61. The second-order valence-electron chi connectivity index (χ2n) is 4.32. The van der Waals surface area contributed by atoms with Gasteiger partial charge in [-0.2, -0.15) is 0 Å². The van der Waals surface area contributed by atoms with Crippen molar-refractivity contribution in [2.75, 3.05) is 6.61 Å². The fraction of sp³-hybridized carbons (Fsp3) is 1.00. The van der Waals surface area contributed by atoms with Crippen LogP contribution < -0.4 is 0 Å². The lowest BCUT2D eigenvalue weighted by molar-refractivity contribution is 0.0234. The lowest BCUT2D eigenvalue weighted by Gasteiger charge is -2.27. The zero-order chi connectivity index (χ0) is 9.68. The van der Waals surface area contributed by atoms with E-state index in [9.17, 15) is 5.11 Å². The van der Waals surface area contributed by atoms with Gasteiger partial charge in [0.1, 0.15) is 0 Å². The van der Waals surface area contributed by atoms with E-state index < -0.39 is 0 Å². The highest BCUT2D eigenvalue weighted by Crippen LogP contribution is 2.26. The Hall–Kier alpha value is -0.0800. The number of aliphatic hydroxyl groups excluding tert-OH is 1. The van der Waals surface area contributed by atoms with Gasteiger partial charge in [0.2, 0.25) is 0 Å². The van der Waals surface area contributed by atoms with E-state index in [1.165, 1.54) is 19.3 Å². The molecule has 0 saturated heterocycles. The molecular formula is C11H22O2. The van der Waals surface area contributed by atoms with Crippen LogP contribution in [0.4, 0.5) is 0 Å². The molecule has 2 heteroatoms. The normalized spacial score (nSPS) is 29.5. The molecule has 2 nitrogen and oxygen atoms in total. The van der Waals surface area contributed by atoms with Gasteiger partial charge in [0.25, 0.3) is 0 Å². The molecule has 0 bridgehead atoms. The summed E-state index contributed by atoms with van der Waals surface area (Å²) in [5.41, 5.74) is 0. The first kappa shape index (κ1) is 11.0. The summed E-state index contributed by atoms with van der Waals surface area (Å²) in [6, 6.07) is 0. The maximum atomic E-state index is 9.68. The molecule has 1 rings (SSSR count). The Morgan fingerprint density at radius 2 is 2.00 bits per heavy atom. The summed E-state index contributed by atoms with van der Waals surface area (Å²) in [5, 5.41) is 9.68. The molecule has 0 amide bonds. The minimum atomic E-state index is -0.0653. The summed E-state index contributed by atoms with van der Waals surface area (Å²) in [6.45, 7) is 4.91. The SMILES string of the molecule is CC(C)OCCC1CCCCC1O. The van der Waals surface area contributed by atoms with Crippen molar-refractivity contribution in [2.24, 2.45) is 5.92 Å². The van der Waals surface area contributed by atoms with E-state index in [1.807, 2.05) is 0 Å². The molecule has 78 valence electrons. The van der Waals surface area contributed by atoms with Gasteiger partial charge in [0, 0.05) is 6.61 Å². The Morgan fingerprint density at radius 1 is 1.31 bits per heavy atom. The van der Waals surface area contributed by atoms with Gasteiger partial charge >= 0.3 is 0 Å². The number of rotatable bonds is 4. The molecule has 0 aromatic carbocycles. The van der Waals surface area contributed by atoms with Gasteiger partial charge in [-0.3, -0.25) is 0 Å². The van der Waals surface area contributed by atoms with E-state index in [0.29, 0.717) is 12.0 Å². The fourth-order valence-electron chi connectivity index (χ4n) is 1.98. The summed E-state index contributed by atoms with van der Waals surface area (Å²) in [5.74, 6) is 0.493. The van der Waals surface area contributed by atoms with E-state index in [2.05, 4.69) is 13.8 Å². The standard InChI is InChI=1S/C11H22O2/c1-9(2)13-8-7-10-5-3-4-6-11(10)12/h9-12H,3-8H2,1-2H3. The van der Waals surface area contributed by atoms with Gasteiger partial charge in [-0.25, -0.2) is 0 Å². The van der Waals surface area contributed by atoms with Crippen molar-refractivity contribution in [1.29, 1.82) is 0 Å². The molecule has 0 aliphatic heterocycles. The smallest absolute Gasteiger partial charge is 0.0569 e. The van der Waals surface area contributed by atoms with Crippen molar-refractivity contribution in [3.05, 3.63) is 0 Å². The average Bonchev–Trinajstić information content (AvgIpc) is 2.08. The summed E-state index contributed by atoms with van der Waals surface area (Å²) in [4.78, 5) is 0. The Kier molecular flexibility index (Phi) is 4.74. The van der Waals surface area contributed by atoms with Crippen molar-refractivity contribution in [2.45, 2.75) is 58.2 Å². The predicted octanol–water partition coefficient (Wildman–Crippen LogP) is 2.35. The minimum absolute atomic E-state index is 0.0653. The third kappa shape index (κ3) is 4.10. The van der Waals surface area contributed by atoms with E-state index in [0.717, 1.165) is 19.4 Å². The monoisotopic (exact) mass is 186 g/mol. The summed E-state index contributed by atoms with van der Waals surface area (Å²) < 4.78 is 5.48. The van der Waals surface area contributed by atoms with Crippen LogP contribution in [0.25, 0.3) is 0 Å². The Morgan fingerprint density at radius 3 is 2.62 bits per heavy atom. The molecular weight excluding hydrogens is 164 g/mol. The number of hydrogen-bond donors (Lipinski definition) is 1. The van der Waals surface area contributed by atoms with Gasteiger partial charge in [-0.1, -0.05) is 12.8 Å². The van der Waals surface area contributed by atoms with Gasteiger partial charge < -0.3 is 9.84 Å². The van der Waals surface area contributed by atoms with E-state index in [1.54, 1.807) is 0 Å². The van der Waals surface area contributed by atoms with E-state index >= 15 is 0 Å². The summed E-state index contributed by atoms with van der Waals surface area (Å²) in [6.07, 6.45) is 5.94. The Bertz CT molecular complexity index is 134. The van der Waals surface area contributed by atoms with Crippen molar-refractivity contribution in [3.8, 4) is 0 Å². The molecule has 0 spiro atoms. The summed E-state index contributed by atoms with van der Waals surface area (Å²) >= 11 is 0. The first-order chi connectivity index (χ1) is 6.20. The zero-order valence-corrected chi connectivity index (χ0v) is 8.83. The maximum Gasteiger partial charge on any atom is 0.0569 e. The lowest BCUT2D eigenvalue weighted by Crippen LogP contribution is -2.25. The van der Waals surface area contributed by atoms with Gasteiger partial charge in [0.15, 0.2) is 0 Å². The molecule has 1 aliphatic rings. The van der Waals surface area contributed by atoms with E-state index in [4.69, 9.17) is 4.74 Å². The quantitative estimate of drug-likeness (QED) is 0.730. The van der Waals surface area contributed by atoms with Crippen LogP contribution in [-0.4, -0.2) is 23.9 Å². The van der Waals surface area contributed by atoms with Crippen LogP contribution in [0.1, 0.15) is 46.0 Å². The predicted molar refractivity (Wildman–Crippen MR) is 53.7 cm³/mol. The van der Waals surface area contributed by atoms with Crippen LogP contribution in [0.2, 0.25) is 0 Å². The zero-order valence-electron chi connectivity index (χ0n) is 8.83. The highest BCUT2D eigenvalue weighted by molar-refractivity contribution is 4.74. The minimum Gasteiger partial charge on any atom is -0.393 e. The van der Waals surface area contributed by atoms with Crippen LogP contribution in [0.5, 0.6) is 0 Å². The molecule has 0 aromatic heterocycles. The van der Waals surface area contributed by atoms with Gasteiger partial charge in [-0.05, 0) is 39.0 Å². The summed E-state index contributed by atoms with van der Waals surface area (Å²) in [7, 11) is 0. The molecule has 1 fully saturated rings. The molecule has 13 heavy (non-hydrogen) atoms. The third-order valence-electron chi connectivity index (χ3n) is 2.81. The molecule has 1 N–H and O–H groups in total. The number of aliphatic hydroxyl groups is 1. The van der Waals surface area contributed by atoms with E-state index in [-0.39, 0.29) is 6.10 Å². The van der Waals surface area contributed by atoms with Crippen LogP contribution in [0.3, 0.4) is 0 Å². The highest BCUT2D eigenvalue weighted by atomic mass is 16.5. The average molecular weight is 186 g/mol. The molecule has 1 saturated carbocycles. The first-order valence-electron chi connectivity index (χ1n) is 5.50. The van der Waals surface area contributed by atoms with Crippen LogP contribution in [0.15, 0.2) is 0 Å². The lowest BCUT2D eigenvalue weighted by atomic mass is 9.85. The van der Waals surface area contributed by atoms with Crippen LogP contribution in [0, 0.1) is 5.92 Å². The fourth-order valence-corrected chi connectivity index (χ4v) is 1.98. The Balaban J connectivity index is 2.11. The molecule has 2 unspecified atom stereocenters. The molecule has 0 heterocycles. The second-order valence-corrected chi connectivity index (χ2v) is 4.32.